The molecule has 1 heterocycles. The zero-order valence-electron chi connectivity index (χ0n) is 11.3. The van der Waals surface area contributed by atoms with Crippen molar-refractivity contribution >= 4 is 45.0 Å². The third kappa shape index (κ3) is 2.60. The van der Waals surface area contributed by atoms with Gasteiger partial charge < -0.3 is 5.32 Å². The predicted octanol–water partition coefficient (Wildman–Crippen LogP) is 4.59. The van der Waals surface area contributed by atoms with E-state index >= 15 is 0 Å². The smallest absolute Gasteiger partial charge is 0.141 e. The molecule has 0 atom stereocenters. The summed E-state index contributed by atoms with van der Waals surface area (Å²) in [6, 6.07) is 12.5. The molecular weight excluding hydrogens is 361 g/mol. The van der Waals surface area contributed by atoms with Crippen LogP contribution in [-0.2, 0) is 0 Å². The van der Waals surface area contributed by atoms with E-state index < -0.39 is 0 Å². The number of halogens is 1. The first-order valence-corrected chi connectivity index (χ1v) is 7.46. The van der Waals surface area contributed by atoms with E-state index in [0.717, 1.165) is 22.4 Å². The maximum atomic E-state index is 4.38. The summed E-state index contributed by atoms with van der Waals surface area (Å²) in [5.41, 5.74) is 4.50. The summed E-state index contributed by atoms with van der Waals surface area (Å²) in [4.78, 5) is 8.69. The number of nitrogens with one attached hydrogen (secondary N) is 1. The van der Waals surface area contributed by atoms with E-state index in [1.807, 2.05) is 6.07 Å². The second kappa shape index (κ2) is 5.36. The molecule has 0 saturated carbocycles. The van der Waals surface area contributed by atoms with Crippen molar-refractivity contribution in [3.63, 3.8) is 0 Å². The van der Waals surface area contributed by atoms with Crippen molar-refractivity contribution in [1.29, 1.82) is 0 Å². The molecular formula is C16H14IN3. The van der Waals surface area contributed by atoms with Crippen molar-refractivity contribution < 1.29 is 0 Å². The highest BCUT2D eigenvalue weighted by Gasteiger charge is 2.06. The van der Waals surface area contributed by atoms with E-state index in [0.29, 0.717) is 0 Å². The third-order valence-electron chi connectivity index (χ3n) is 3.23. The van der Waals surface area contributed by atoms with Gasteiger partial charge >= 0.3 is 0 Å². The van der Waals surface area contributed by atoms with Crippen LogP contribution < -0.4 is 5.32 Å². The molecule has 3 nitrogen and oxygen atoms in total. The van der Waals surface area contributed by atoms with Gasteiger partial charge in [-0.1, -0.05) is 17.7 Å². The van der Waals surface area contributed by atoms with Gasteiger partial charge in [-0.25, -0.2) is 9.97 Å². The number of anilines is 2. The van der Waals surface area contributed by atoms with Crippen LogP contribution in [0.25, 0.3) is 10.9 Å². The lowest BCUT2D eigenvalue weighted by atomic mass is 10.1. The second-order valence-electron chi connectivity index (χ2n) is 4.83. The Balaban J connectivity index is 2.08. The lowest BCUT2D eigenvalue weighted by molar-refractivity contribution is 1.21. The molecule has 0 amide bonds. The summed E-state index contributed by atoms with van der Waals surface area (Å²) in [6.45, 7) is 4.20. The first-order valence-electron chi connectivity index (χ1n) is 6.38. The zero-order chi connectivity index (χ0) is 14.1. The molecule has 3 rings (SSSR count). The molecule has 0 radical (unpaired) electrons. The highest BCUT2D eigenvalue weighted by atomic mass is 127. The van der Waals surface area contributed by atoms with Crippen LogP contribution in [0.5, 0.6) is 0 Å². The summed E-state index contributed by atoms with van der Waals surface area (Å²) < 4.78 is 1.17. The summed E-state index contributed by atoms with van der Waals surface area (Å²) >= 11 is 2.30. The fraction of sp³-hybridized carbons (Fsp3) is 0.125. The highest BCUT2D eigenvalue weighted by Crippen LogP contribution is 2.26. The molecule has 0 unspecified atom stereocenters. The van der Waals surface area contributed by atoms with Crippen molar-refractivity contribution in [3.05, 3.63) is 57.4 Å². The Bertz CT molecular complexity index is 784. The molecule has 2 aromatic carbocycles. The Kier molecular flexibility index (Phi) is 3.56. The Hall–Kier alpha value is -1.69. The van der Waals surface area contributed by atoms with Gasteiger partial charge in [-0.2, -0.15) is 0 Å². The summed E-state index contributed by atoms with van der Waals surface area (Å²) in [7, 11) is 0. The fourth-order valence-corrected chi connectivity index (χ4v) is 2.70. The molecule has 0 bridgehead atoms. The summed E-state index contributed by atoms with van der Waals surface area (Å²) in [6.07, 6.45) is 1.60. The molecule has 0 aliphatic carbocycles. The predicted molar refractivity (Wildman–Crippen MR) is 91.5 cm³/mol. The van der Waals surface area contributed by atoms with Gasteiger partial charge in [-0.05, 0) is 66.3 Å². The van der Waals surface area contributed by atoms with Crippen molar-refractivity contribution in [2.24, 2.45) is 0 Å². The fourth-order valence-electron chi connectivity index (χ4n) is 2.21. The van der Waals surface area contributed by atoms with Gasteiger partial charge in [-0.3, -0.25) is 0 Å². The van der Waals surface area contributed by atoms with Gasteiger partial charge in [0.15, 0.2) is 0 Å². The maximum Gasteiger partial charge on any atom is 0.141 e. The molecule has 0 saturated heterocycles. The molecule has 0 fully saturated rings. The maximum absolute atomic E-state index is 4.38. The Morgan fingerprint density at radius 1 is 1.00 bits per heavy atom. The first-order chi connectivity index (χ1) is 9.63. The van der Waals surface area contributed by atoms with Gasteiger partial charge in [0, 0.05) is 14.6 Å². The van der Waals surface area contributed by atoms with Crippen LogP contribution in [0.15, 0.2) is 42.7 Å². The Morgan fingerprint density at radius 3 is 2.65 bits per heavy atom. The van der Waals surface area contributed by atoms with Gasteiger partial charge in [0.1, 0.15) is 12.1 Å². The molecule has 1 N–H and O–H groups in total. The van der Waals surface area contributed by atoms with Crippen LogP contribution in [0.2, 0.25) is 0 Å². The van der Waals surface area contributed by atoms with Crippen molar-refractivity contribution in [3.8, 4) is 0 Å². The molecule has 0 aliphatic rings. The number of rotatable bonds is 2. The van der Waals surface area contributed by atoms with Crippen LogP contribution in [0.1, 0.15) is 11.1 Å². The number of aromatic nitrogens is 2. The molecule has 3 aromatic rings. The summed E-state index contributed by atoms with van der Waals surface area (Å²) in [5, 5.41) is 4.46. The number of nitrogens with zero attached hydrogens (tertiary/aromatic N) is 2. The second-order valence-corrected chi connectivity index (χ2v) is 6.07. The van der Waals surface area contributed by atoms with Crippen molar-refractivity contribution in [2.45, 2.75) is 13.8 Å². The van der Waals surface area contributed by atoms with Crippen LogP contribution in [0, 0.1) is 17.4 Å². The van der Waals surface area contributed by atoms with Crippen LogP contribution in [0.3, 0.4) is 0 Å². The van der Waals surface area contributed by atoms with Gasteiger partial charge in [0.25, 0.3) is 0 Å². The number of hydrogen-bond acceptors (Lipinski definition) is 3. The minimum absolute atomic E-state index is 0.848. The molecule has 0 aliphatic heterocycles. The standard InChI is InChI=1S/C16H14IN3/c1-10-3-5-14(11(2)7-10)20-16-13-8-12(17)4-6-15(13)18-9-19-16/h3-9H,1-2H3,(H,18,19,20). The minimum atomic E-state index is 0.848. The van der Waals surface area contributed by atoms with Crippen LogP contribution >= 0.6 is 22.6 Å². The van der Waals surface area contributed by atoms with E-state index in [4.69, 9.17) is 0 Å². The third-order valence-corrected chi connectivity index (χ3v) is 3.90. The van der Waals surface area contributed by atoms with E-state index in [2.05, 4.69) is 82.1 Å². The Labute approximate surface area is 131 Å². The SMILES string of the molecule is Cc1ccc(Nc2ncnc3ccc(I)cc23)c(C)c1. The van der Waals surface area contributed by atoms with Gasteiger partial charge in [0.05, 0.1) is 5.52 Å². The lowest BCUT2D eigenvalue weighted by Gasteiger charge is -2.11. The molecule has 1 aromatic heterocycles. The quantitative estimate of drug-likeness (QED) is 0.666. The molecule has 100 valence electrons. The first kappa shape index (κ1) is 13.3. The van der Waals surface area contributed by atoms with Gasteiger partial charge in [-0.15, -0.1) is 0 Å². The molecule has 4 heteroatoms. The number of fused-ring (bicyclic) bond motifs is 1. The summed E-state index contributed by atoms with van der Waals surface area (Å²) in [5.74, 6) is 0.848. The van der Waals surface area contributed by atoms with E-state index in [1.54, 1.807) is 6.33 Å². The van der Waals surface area contributed by atoms with Crippen molar-refractivity contribution in [1.82, 2.24) is 9.97 Å². The minimum Gasteiger partial charge on any atom is -0.339 e. The average Bonchev–Trinajstić information content (AvgIpc) is 2.42. The number of aryl methyl sites for hydroxylation is 2. The molecule has 0 spiro atoms. The monoisotopic (exact) mass is 375 g/mol. The number of hydrogen-bond donors (Lipinski definition) is 1. The number of benzene rings is 2. The van der Waals surface area contributed by atoms with Crippen molar-refractivity contribution in [2.75, 3.05) is 5.32 Å². The largest absolute Gasteiger partial charge is 0.339 e. The zero-order valence-corrected chi connectivity index (χ0v) is 13.5. The molecule has 20 heavy (non-hydrogen) atoms. The Morgan fingerprint density at radius 2 is 1.85 bits per heavy atom. The van der Waals surface area contributed by atoms with E-state index in [1.165, 1.54) is 14.7 Å². The van der Waals surface area contributed by atoms with Crippen LogP contribution in [-0.4, -0.2) is 9.97 Å². The van der Waals surface area contributed by atoms with Crippen LogP contribution in [0.4, 0.5) is 11.5 Å². The average molecular weight is 375 g/mol. The topological polar surface area (TPSA) is 37.8 Å². The lowest BCUT2D eigenvalue weighted by Crippen LogP contribution is -1.98. The normalized spacial score (nSPS) is 10.8. The van der Waals surface area contributed by atoms with E-state index in [9.17, 15) is 0 Å². The van der Waals surface area contributed by atoms with E-state index in [-0.39, 0.29) is 0 Å². The van der Waals surface area contributed by atoms with Gasteiger partial charge in [0.2, 0.25) is 0 Å². The highest BCUT2D eigenvalue weighted by molar-refractivity contribution is 14.1.